The largest absolute Gasteiger partial charge is 0.497 e. The van der Waals surface area contributed by atoms with Crippen molar-refractivity contribution >= 4 is 98.2 Å². The first-order valence-corrected chi connectivity index (χ1v) is 48.5. The molecule has 18 aromatic rings. The summed E-state index contributed by atoms with van der Waals surface area (Å²) in [6.07, 6.45) is 0. The molecule has 0 bridgehead atoms. The number of nitrogens with one attached hydrogen (secondary N) is 2. The van der Waals surface area contributed by atoms with Gasteiger partial charge in [0.15, 0.2) is 0 Å². The van der Waals surface area contributed by atoms with Crippen molar-refractivity contribution in [3.8, 4) is 17.2 Å². The van der Waals surface area contributed by atoms with Crippen molar-refractivity contribution in [2.45, 2.75) is 62.3 Å². The standard InChI is InChI=1S/C28H23NO2.C27H20N2O3.C27H21NO.2C21H17Cl2NO/c1-31-23-14-9-13-21(18-23)28(30)29-19-22-12-5-6-15-24(22)27(20-10-3-2-4-11-20)25-16-7-8-17-26(25)29;30-27(20-14-16-22(17-15-20)29(31)32)28-18-21-10-4-5-11-23(21)26(19-8-2-1-3-9-19)24-12-6-7-13-25(24)28;29-27(21-13-5-2-6-14-21)28-19-22-15-7-8-16-23(22)26(20-11-3-1-4-12-20)24-17-9-10-18-25(24)28;1-25-19-8-4-5-13-12-24-18-10-9-14(22)11-16(18)21(20(13)19)15-6-2-3-7-17(15)23;1-25-15-7-8-16-13(10-15)12-24-20-9-6-14(22)11-18(20)21(16)17-4-2-3-5-19(17)23/h2-18,27H,19H2,1H3;1-17,26H,18H2;1-18,26H,19H2;2*2-11,21,24H,12H2,1H3. The molecule has 23 rings (SSSR count). The highest BCUT2D eigenvalue weighted by Crippen LogP contribution is 2.51. The van der Waals surface area contributed by atoms with Gasteiger partial charge in [-0.3, -0.25) is 24.5 Å². The Labute approximate surface area is 846 Å². The summed E-state index contributed by atoms with van der Waals surface area (Å²) in [5.74, 6) is 2.32. The smallest absolute Gasteiger partial charge is 0.269 e. The van der Waals surface area contributed by atoms with Gasteiger partial charge < -0.3 is 39.5 Å². The Bertz CT molecular complexity index is 7650. The second-order valence-electron chi connectivity index (χ2n) is 35.1. The second-order valence-corrected chi connectivity index (χ2v) is 36.7. The number of benzene rings is 18. The van der Waals surface area contributed by atoms with Crippen LogP contribution < -0.4 is 39.5 Å². The maximum Gasteiger partial charge on any atom is 0.269 e. The summed E-state index contributed by atoms with van der Waals surface area (Å²) in [7, 11) is 5.01. The van der Waals surface area contributed by atoms with Crippen LogP contribution in [0.2, 0.25) is 20.1 Å². The first-order valence-electron chi connectivity index (χ1n) is 47.0. The van der Waals surface area contributed by atoms with E-state index in [-0.39, 0.29) is 53.0 Å². The summed E-state index contributed by atoms with van der Waals surface area (Å²) < 4.78 is 16.5. The SMILES string of the molecule is COc1ccc2c(c1)CNc1ccc(Cl)cc1C2c1ccccc1Cl.COc1cccc(C(=O)N2Cc3ccccc3C(c3ccccc3)c3ccccc32)c1.COc1cccc2c1C(c1ccccc1Cl)c1cc(Cl)ccc1NC2.O=C(c1ccc([N+](=O)[O-])cc1)N1Cc2ccccc2C(c2ccccc2)c2ccccc21.O=C(c1ccccc1)N1Cc2ccccc2C(c2ccccc2)c2ccccc21. The number of ether oxygens (including phenoxy) is 3. The van der Waals surface area contributed by atoms with Gasteiger partial charge in [-0.15, -0.1) is 0 Å². The van der Waals surface area contributed by atoms with Gasteiger partial charge in [-0.25, -0.2) is 0 Å². The van der Waals surface area contributed by atoms with Crippen LogP contribution in [-0.2, 0) is 32.7 Å². The minimum atomic E-state index is -0.462. The van der Waals surface area contributed by atoms with Gasteiger partial charge in [0.1, 0.15) is 17.2 Å². The number of anilines is 5. The van der Waals surface area contributed by atoms with Crippen molar-refractivity contribution in [3.05, 3.63) is 595 Å². The number of non-ortho nitro benzene ring substituents is 1. The van der Waals surface area contributed by atoms with Crippen LogP contribution in [0.15, 0.2) is 437 Å². The minimum Gasteiger partial charge on any atom is -0.497 e. The van der Waals surface area contributed by atoms with Gasteiger partial charge in [0.2, 0.25) is 0 Å². The molecular formula is C124H98Cl4N6O8. The predicted octanol–water partition coefficient (Wildman–Crippen LogP) is 30.2. The van der Waals surface area contributed by atoms with Gasteiger partial charge in [0, 0.05) is 126 Å². The lowest BCUT2D eigenvalue weighted by atomic mass is 9.82. The predicted molar refractivity (Wildman–Crippen MR) is 573 cm³/mol. The molecule has 5 atom stereocenters. The number of halogens is 4. The third kappa shape index (κ3) is 20.1. The average Bonchev–Trinajstić information content (AvgIpc) is 1.44. The van der Waals surface area contributed by atoms with Gasteiger partial charge >= 0.3 is 0 Å². The van der Waals surface area contributed by atoms with Gasteiger partial charge in [0.05, 0.1) is 45.9 Å². The second kappa shape index (κ2) is 43.5. The number of nitrogens with zero attached hydrogens (tertiary/aromatic N) is 4. The fourth-order valence-corrected chi connectivity index (χ4v) is 21.1. The van der Waals surface area contributed by atoms with Crippen molar-refractivity contribution in [3.63, 3.8) is 0 Å². The molecule has 18 aromatic carbocycles. The number of hydrogen-bond acceptors (Lipinski definition) is 10. The molecule has 0 radical (unpaired) electrons. The minimum absolute atomic E-state index is 0.00161. The molecular weight excluding hydrogens is 1840 g/mol. The van der Waals surface area contributed by atoms with E-state index in [0.717, 1.165) is 129 Å². The van der Waals surface area contributed by atoms with Crippen LogP contribution >= 0.6 is 46.4 Å². The van der Waals surface area contributed by atoms with E-state index in [9.17, 15) is 24.5 Å². The van der Waals surface area contributed by atoms with Crippen molar-refractivity contribution in [2.75, 3.05) is 46.7 Å². The summed E-state index contributed by atoms with van der Waals surface area (Å²) in [6, 6.07) is 144. The van der Waals surface area contributed by atoms with Crippen LogP contribution in [0.5, 0.6) is 17.2 Å². The van der Waals surface area contributed by atoms with Crippen LogP contribution in [0.3, 0.4) is 0 Å². The Kier molecular flexibility index (Phi) is 29.1. The zero-order valence-corrected chi connectivity index (χ0v) is 81.1. The summed E-state index contributed by atoms with van der Waals surface area (Å²) in [5.41, 5.74) is 29.7. The summed E-state index contributed by atoms with van der Waals surface area (Å²) >= 11 is 25.8. The summed E-state index contributed by atoms with van der Waals surface area (Å²) in [6.45, 7) is 2.95. The van der Waals surface area contributed by atoms with Gasteiger partial charge in [-0.2, -0.15) is 0 Å². The lowest BCUT2D eigenvalue weighted by Crippen LogP contribution is -2.30. The van der Waals surface area contributed by atoms with Gasteiger partial charge in [0.25, 0.3) is 23.4 Å². The van der Waals surface area contributed by atoms with Crippen LogP contribution in [0.4, 0.5) is 34.1 Å². The fourth-order valence-electron chi connectivity index (χ4n) is 20.2. The van der Waals surface area contributed by atoms with Gasteiger partial charge in [-0.1, -0.05) is 344 Å². The van der Waals surface area contributed by atoms with E-state index in [1.807, 2.05) is 228 Å². The Hall–Kier alpha value is -16.1. The maximum absolute atomic E-state index is 13.7. The monoisotopic (exact) mass is 1940 g/mol. The molecule has 5 aliphatic rings. The number of methoxy groups -OCH3 is 3. The molecule has 700 valence electrons. The average molecular weight is 1940 g/mol. The number of carbonyl (C=O) groups is 3. The maximum atomic E-state index is 13.7. The van der Waals surface area contributed by atoms with E-state index in [0.29, 0.717) is 47.1 Å². The molecule has 142 heavy (non-hydrogen) atoms. The number of hydrogen-bond donors (Lipinski definition) is 2. The number of para-hydroxylation sites is 3. The van der Waals surface area contributed by atoms with Crippen molar-refractivity contribution in [1.29, 1.82) is 0 Å². The Morgan fingerprint density at radius 1 is 0.289 bits per heavy atom. The normalized spacial score (nSPS) is 15.1. The van der Waals surface area contributed by atoms with Crippen LogP contribution in [0.1, 0.15) is 172 Å². The highest BCUT2D eigenvalue weighted by atomic mass is 35.5. The first kappa shape index (κ1) is 94.9. The van der Waals surface area contributed by atoms with Crippen LogP contribution in [0, 0.1) is 10.1 Å². The highest BCUT2D eigenvalue weighted by molar-refractivity contribution is 6.32. The molecule has 2 N–H and O–H groups in total. The number of nitro benzene ring substituents is 1. The van der Waals surface area contributed by atoms with Crippen LogP contribution in [-0.4, -0.2) is 44.0 Å². The molecule has 5 unspecified atom stereocenters. The van der Waals surface area contributed by atoms with E-state index in [4.69, 9.17) is 60.6 Å². The molecule has 0 saturated carbocycles. The van der Waals surface area contributed by atoms with Gasteiger partial charge in [-0.05, 0) is 233 Å². The zero-order valence-electron chi connectivity index (χ0n) is 78.1. The molecule has 5 aliphatic heterocycles. The van der Waals surface area contributed by atoms with E-state index in [1.165, 1.54) is 74.3 Å². The topological polar surface area (TPSA) is 156 Å². The molecule has 0 saturated heterocycles. The lowest BCUT2D eigenvalue weighted by Gasteiger charge is -2.25. The fraction of sp³-hybridized carbons (Fsp3) is 0.105. The molecule has 18 heteroatoms. The Morgan fingerprint density at radius 3 is 1.07 bits per heavy atom. The third-order valence-corrected chi connectivity index (χ3v) is 28.0. The van der Waals surface area contributed by atoms with Crippen LogP contribution in [0.25, 0.3) is 0 Å². The first-order chi connectivity index (χ1) is 69.6. The van der Waals surface area contributed by atoms with Crippen molar-refractivity contribution < 1.29 is 33.5 Å². The Morgan fingerprint density at radius 2 is 0.634 bits per heavy atom. The van der Waals surface area contributed by atoms with E-state index >= 15 is 0 Å². The quantitative estimate of drug-likeness (QED) is 0.0892. The van der Waals surface area contributed by atoms with E-state index < -0.39 is 4.92 Å². The molecule has 0 spiro atoms. The molecule has 0 aromatic heterocycles. The lowest BCUT2D eigenvalue weighted by molar-refractivity contribution is -0.384. The number of amides is 3. The molecule has 0 fully saturated rings. The summed E-state index contributed by atoms with van der Waals surface area (Å²) in [5, 5.41) is 21.0. The van der Waals surface area contributed by atoms with Crippen molar-refractivity contribution in [2.24, 2.45) is 0 Å². The number of carbonyl (C=O) groups excluding carboxylic acids is 3. The highest BCUT2D eigenvalue weighted by Gasteiger charge is 2.38. The molecule has 5 heterocycles. The molecule has 14 nitrogen and oxygen atoms in total. The number of rotatable bonds is 12. The van der Waals surface area contributed by atoms with E-state index in [2.05, 4.69) is 199 Å². The van der Waals surface area contributed by atoms with E-state index in [1.54, 1.807) is 32.3 Å². The molecule has 0 aliphatic carbocycles. The van der Waals surface area contributed by atoms with Crippen molar-refractivity contribution in [1.82, 2.24) is 0 Å². The number of fused-ring (bicyclic) bond motifs is 10. The Balaban J connectivity index is 0.000000113. The number of nitro groups is 1. The zero-order chi connectivity index (χ0) is 97.7. The summed E-state index contributed by atoms with van der Waals surface area (Å²) in [4.78, 5) is 56.9. The third-order valence-electron chi connectivity index (χ3n) is 26.8. The molecule has 3 amide bonds.